The topological polar surface area (TPSA) is 26.3 Å². The number of halogens is 1. The maximum Gasteiger partial charge on any atom is 0.136 e. The van der Waals surface area contributed by atoms with Gasteiger partial charge in [0.15, 0.2) is 0 Å². The first-order valence-corrected chi connectivity index (χ1v) is 6.85. The molecule has 1 aliphatic rings. The Labute approximate surface area is 110 Å². The molecule has 0 atom stereocenters. The smallest absolute Gasteiger partial charge is 0.136 e. The zero-order chi connectivity index (χ0) is 12.3. The number of carbonyl (C=O) groups is 1. The van der Waals surface area contributed by atoms with E-state index in [1.54, 1.807) is 0 Å². The Bertz CT molecular complexity index is 411. The van der Waals surface area contributed by atoms with E-state index in [1.807, 2.05) is 0 Å². The molecule has 0 amide bonds. The van der Waals surface area contributed by atoms with E-state index in [0.29, 0.717) is 6.42 Å². The summed E-state index contributed by atoms with van der Waals surface area (Å²) in [6, 6.07) is 4.17. The minimum absolute atomic E-state index is 0.551. The van der Waals surface area contributed by atoms with Gasteiger partial charge in [-0.25, -0.2) is 0 Å². The molecule has 0 N–H and O–H groups in total. The van der Waals surface area contributed by atoms with Gasteiger partial charge in [0.25, 0.3) is 0 Å². The fraction of sp³-hybridized carbons (Fsp3) is 0.500. The van der Waals surface area contributed by atoms with E-state index in [4.69, 9.17) is 4.74 Å². The maximum absolute atomic E-state index is 10.5. The molecule has 2 nitrogen and oxygen atoms in total. The van der Waals surface area contributed by atoms with Gasteiger partial charge in [-0.15, -0.1) is 0 Å². The lowest BCUT2D eigenvalue weighted by atomic mass is 10.1. The summed E-state index contributed by atoms with van der Waals surface area (Å²) in [5.41, 5.74) is 2.32. The zero-order valence-corrected chi connectivity index (χ0v) is 11.6. The first-order chi connectivity index (χ1) is 8.20. The number of benzene rings is 1. The number of hydrogen-bond donors (Lipinski definition) is 0. The average Bonchev–Trinajstić information content (AvgIpc) is 3.08. The summed E-state index contributed by atoms with van der Waals surface area (Å²) >= 11 is 3.55. The highest BCUT2D eigenvalue weighted by Crippen LogP contribution is 2.35. The van der Waals surface area contributed by atoms with E-state index < -0.39 is 0 Å². The largest absolute Gasteiger partial charge is 0.492 e. The van der Waals surface area contributed by atoms with Crippen molar-refractivity contribution in [2.24, 2.45) is 5.92 Å². The van der Waals surface area contributed by atoms with Gasteiger partial charge in [0, 0.05) is 6.42 Å². The van der Waals surface area contributed by atoms with Crippen molar-refractivity contribution >= 4 is 22.2 Å². The summed E-state index contributed by atoms with van der Waals surface area (Å²) in [5.74, 6) is 1.66. The third-order valence-corrected chi connectivity index (χ3v) is 3.55. The van der Waals surface area contributed by atoms with Crippen LogP contribution in [0.2, 0.25) is 0 Å². The SMILES string of the molecule is Cc1cc(Br)c(OCC2CC2)c(CCC=O)c1. The van der Waals surface area contributed by atoms with Gasteiger partial charge in [-0.2, -0.15) is 0 Å². The van der Waals surface area contributed by atoms with Crippen LogP contribution in [0.25, 0.3) is 0 Å². The van der Waals surface area contributed by atoms with Crippen LogP contribution in [0.15, 0.2) is 16.6 Å². The number of aryl methyl sites for hydroxylation is 2. The highest BCUT2D eigenvalue weighted by atomic mass is 79.9. The monoisotopic (exact) mass is 296 g/mol. The Morgan fingerprint density at radius 2 is 2.24 bits per heavy atom. The van der Waals surface area contributed by atoms with Gasteiger partial charge in [-0.3, -0.25) is 0 Å². The van der Waals surface area contributed by atoms with Crippen molar-refractivity contribution in [1.29, 1.82) is 0 Å². The molecule has 0 aliphatic heterocycles. The van der Waals surface area contributed by atoms with Gasteiger partial charge in [0.1, 0.15) is 12.0 Å². The minimum Gasteiger partial charge on any atom is -0.492 e. The molecule has 92 valence electrons. The third-order valence-electron chi connectivity index (χ3n) is 2.96. The van der Waals surface area contributed by atoms with Crippen LogP contribution in [0.4, 0.5) is 0 Å². The van der Waals surface area contributed by atoms with E-state index in [9.17, 15) is 4.79 Å². The highest BCUT2D eigenvalue weighted by Gasteiger charge is 2.23. The second-order valence-electron chi connectivity index (χ2n) is 4.69. The van der Waals surface area contributed by atoms with Crippen LogP contribution in [-0.2, 0) is 11.2 Å². The summed E-state index contributed by atoms with van der Waals surface area (Å²) in [6.45, 7) is 2.86. The second-order valence-corrected chi connectivity index (χ2v) is 5.55. The zero-order valence-electron chi connectivity index (χ0n) is 10.0. The molecule has 17 heavy (non-hydrogen) atoms. The molecule has 0 unspecified atom stereocenters. The van der Waals surface area contributed by atoms with Gasteiger partial charge in [-0.05, 0) is 65.2 Å². The molecule has 3 heteroatoms. The normalized spacial score (nSPS) is 14.7. The molecule has 0 heterocycles. The van der Waals surface area contributed by atoms with E-state index >= 15 is 0 Å². The molecule has 2 rings (SSSR count). The van der Waals surface area contributed by atoms with E-state index in [2.05, 4.69) is 35.0 Å². The number of hydrogen-bond acceptors (Lipinski definition) is 2. The van der Waals surface area contributed by atoms with Crippen LogP contribution in [0.5, 0.6) is 5.75 Å². The van der Waals surface area contributed by atoms with Crippen LogP contribution in [0.3, 0.4) is 0 Å². The van der Waals surface area contributed by atoms with Crippen molar-refractivity contribution in [3.63, 3.8) is 0 Å². The van der Waals surface area contributed by atoms with Crippen LogP contribution >= 0.6 is 15.9 Å². The Morgan fingerprint density at radius 1 is 1.47 bits per heavy atom. The van der Waals surface area contributed by atoms with Crippen molar-refractivity contribution < 1.29 is 9.53 Å². The van der Waals surface area contributed by atoms with E-state index in [1.165, 1.54) is 18.4 Å². The molecule has 0 spiro atoms. The van der Waals surface area contributed by atoms with Crippen LogP contribution in [-0.4, -0.2) is 12.9 Å². The summed E-state index contributed by atoms with van der Waals surface area (Å²) in [7, 11) is 0. The number of carbonyl (C=O) groups excluding carboxylic acids is 1. The quantitative estimate of drug-likeness (QED) is 0.749. The first-order valence-electron chi connectivity index (χ1n) is 6.06. The van der Waals surface area contributed by atoms with Crippen molar-refractivity contribution in [2.45, 2.75) is 32.6 Å². The van der Waals surface area contributed by atoms with Crippen LogP contribution in [0.1, 0.15) is 30.4 Å². The molecule has 1 aromatic rings. The summed E-state index contributed by atoms with van der Waals surface area (Å²) in [4.78, 5) is 10.5. The number of aldehydes is 1. The maximum atomic E-state index is 10.5. The lowest BCUT2D eigenvalue weighted by Crippen LogP contribution is -2.03. The predicted molar refractivity (Wildman–Crippen MR) is 71.5 cm³/mol. The third kappa shape index (κ3) is 3.56. The molecule has 0 radical (unpaired) electrons. The summed E-state index contributed by atoms with van der Waals surface area (Å²) < 4.78 is 6.88. The standard InChI is InChI=1S/C14H17BrO2/c1-10-7-12(3-2-6-16)14(13(15)8-10)17-9-11-4-5-11/h6-8,11H,2-5,9H2,1H3. The Kier molecular flexibility index (Phi) is 4.21. The fourth-order valence-corrected chi connectivity index (χ4v) is 2.58. The molecule has 0 aromatic heterocycles. The van der Waals surface area contributed by atoms with Crippen molar-refractivity contribution in [2.75, 3.05) is 6.61 Å². The highest BCUT2D eigenvalue weighted by molar-refractivity contribution is 9.10. The Hall–Kier alpha value is -0.830. The molecular formula is C14H17BrO2. The minimum atomic E-state index is 0.551. The lowest BCUT2D eigenvalue weighted by molar-refractivity contribution is -0.107. The second kappa shape index (κ2) is 5.67. The van der Waals surface area contributed by atoms with Gasteiger partial charge in [0.2, 0.25) is 0 Å². The summed E-state index contributed by atoms with van der Waals surface area (Å²) in [6.07, 6.45) is 4.83. The molecule has 1 aliphatic carbocycles. The first kappa shape index (κ1) is 12.6. The molecular weight excluding hydrogens is 280 g/mol. The van der Waals surface area contributed by atoms with Gasteiger partial charge >= 0.3 is 0 Å². The number of ether oxygens (including phenoxy) is 1. The molecule has 1 aromatic carbocycles. The molecule has 1 fully saturated rings. The van der Waals surface area contributed by atoms with Crippen molar-refractivity contribution in [3.8, 4) is 5.75 Å². The number of rotatable bonds is 6. The van der Waals surface area contributed by atoms with Gasteiger partial charge in [-0.1, -0.05) is 6.07 Å². The van der Waals surface area contributed by atoms with Crippen molar-refractivity contribution in [3.05, 3.63) is 27.7 Å². The molecule has 1 saturated carbocycles. The van der Waals surface area contributed by atoms with E-state index in [0.717, 1.165) is 41.0 Å². The summed E-state index contributed by atoms with van der Waals surface area (Å²) in [5, 5.41) is 0. The molecule has 0 bridgehead atoms. The lowest BCUT2D eigenvalue weighted by Gasteiger charge is -2.13. The van der Waals surface area contributed by atoms with Gasteiger partial charge < -0.3 is 9.53 Å². The van der Waals surface area contributed by atoms with Crippen molar-refractivity contribution in [1.82, 2.24) is 0 Å². The van der Waals surface area contributed by atoms with Crippen LogP contribution < -0.4 is 4.74 Å². The average molecular weight is 297 g/mol. The van der Waals surface area contributed by atoms with Gasteiger partial charge in [0.05, 0.1) is 11.1 Å². The van der Waals surface area contributed by atoms with E-state index in [-0.39, 0.29) is 0 Å². The Balaban J connectivity index is 2.15. The fourth-order valence-electron chi connectivity index (χ4n) is 1.85. The van der Waals surface area contributed by atoms with Crippen LogP contribution in [0, 0.1) is 12.8 Å². The predicted octanol–water partition coefficient (Wildman–Crippen LogP) is 3.68. The Morgan fingerprint density at radius 3 is 2.88 bits per heavy atom. The molecule has 0 saturated heterocycles.